The highest BCUT2D eigenvalue weighted by Crippen LogP contribution is 2.22. The molecule has 2 rings (SSSR count). The first-order valence-electron chi connectivity index (χ1n) is 9.66. The van der Waals surface area contributed by atoms with Crippen LogP contribution < -0.4 is 10.6 Å². The van der Waals surface area contributed by atoms with Gasteiger partial charge in [-0.1, -0.05) is 32.9 Å². The maximum Gasteiger partial charge on any atom is 0.306 e. The molecule has 29 heavy (non-hydrogen) atoms. The summed E-state index contributed by atoms with van der Waals surface area (Å²) in [4.78, 5) is 35.6. The third kappa shape index (κ3) is 7.07. The molecular formula is C23H28N2O4. The van der Waals surface area contributed by atoms with E-state index in [0.29, 0.717) is 23.5 Å². The fourth-order valence-corrected chi connectivity index (χ4v) is 2.63. The van der Waals surface area contributed by atoms with Crippen molar-refractivity contribution in [1.82, 2.24) is 0 Å². The van der Waals surface area contributed by atoms with E-state index in [1.807, 2.05) is 24.3 Å². The van der Waals surface area contributed by atoms with Gasteiger partial charge in [-0.25, -0.2) is 0 Å². The average Bonchev–Trinajstić information content (AvgIpc) is 2.67. The van der Waals surface area contributed by atoms with Crippen LogP contribution in [0.15, 0.2) is 48.5 Å². The molecule has 6 nitrogen and oxygen atoms in total. The molecule has 0 bridgehead atoms. The smallest absolute Gasteiger partial charge is 0.306 e. The second-order valence-electron chi connectivity index (χ2n) is 7.71. The maximum absolute atomic E-state index is 12.4. The molecule has 0 unspecified atom stereocenters. The Hall–Kier alpha value is -3.15. The summed E-state index contributed by atoms with van der Waals surface area (Å²) in [6, 6.07) is 14.4. The first-order chi connectivity index (χ1) is 13.7. The SMILES string of the molecule is CCOC(=O)CCC(=O)Nc1ccc(NC(=O)c2ccc(C(C)(C)C)cc2)cc1. The van der Waals surface area contributed by atoms with Gasteiger partial charge in [-0.3, -0.25) is 14.4 Å². The van der Waals surface area contributed by atoms with Gasteiger partial charge in [0.15, 0.2) is 0 Å². The number of ether oxygens (including phenoxy) is 1. The molecule has 0 spiro atoms. The Morgan fingerprint density at radius 2 is 1.38 bits per heavy atom. The van der Waals surface area contributed by atoms with Crippen molar-refractivity contribution in [2.24, 2.45) is 0 Å². The summed E-state index contributed by atoms with van der Waals surface area (Å²) in [5, 5.41) is 5.55. The van der Waals surface area contributed by atoms with Gasteiger partial charge in [-0.05, 0) is 54.3 Å². The van der Waals surface area contributed by atoms with Crippen LogP contribution in [0.3, 0.4) is 0 Å². The van der Waals surface area contributed by atoms with Gasteiger partial charge in [0.25, 0.3) is 5.91 Å². The third-order valence-corrected chi connectivity index (χ3v) is 4.30. The fraction of sp³-hybridized carbons (Fsp3) is 0.348. The molecule has 0 radical (unpaired) electrons. The summed E-state index contributed by atoms with van der Waals surface area (Å²) < 4.78 is 4.80. The lowest BCUT2D eigenvalue weighted by Crippen LogP contribution is -2.15. The number of benzene rings is 2. The molecule has 2 amide bonds. The first kappa shape index (κ1) is 22.1. The third-order valence-electron chi connectivity index (χ3n) is 4.30. The predicted octanol–water partition coefficient (Wildman–Crippen LogP) is 4.52. The van der Waals surface area contributed by atoms with Crippen molar-refractivity contribution in [3.8, 4) is 0 Å². The van der Waals surface area contributed by atoms with Crippen LogP contribution in [0.1, 0.15) is 56.5 Å². The average molecular weight is 396 g/mol. The minimum absolute atomic E-state index is 0.0333. The van der Waals surface area contributed by atoms with Crippen molar-refractivity contribution in [2.75, 3.05) is 17.2 Å². The molecule has 154 valence electrons. The van der Waals surface area contributed by atoms with Crippen molar-refractivity contribution in [3.05, 3.63) is 59.7 Å². The molecule has 2 aromatic carbocycles. The molecule has 0 saturated heterocycles. The monoisotopic (exact) mass is 396 g/mol. The van der Waals surface area contributed by atoms with E-state index in [-0.39, 0.29) is 30.1 Å². The minimum Gasteiger partial charge on any atom is -0.466 e. The van der Waals surface area contributed by atoms with E-state index in [0.717, 1.165) is 5.56 Å². The van der Waals surface area contributed by atoms with E-state index in [1.165, 1.54) is 0 Å². The Morgan fingerprint density at radius 1 is 0.828 bits per heavy atom. The van der Waals surface area contributed by atoms with Crippen LogP contribution in [0.2, 0.25) is 0 Å². The highest BCUT2D eigenvalue weighted by molar-refractivity contribution is 6.04. The number of carbonyl (C=O) groups excluding carboxylic acids is 3. The molecule has 0 saturated carbocycles. The van der Waals surface area contributed by atoms with E-state index < -0.39 is 5.97 Å². The molecule has 0 aliphatic heterocycles. The molecule has 6 heteroatoms. The summed E-state index contributed by atoms with van der Waals surface area (Å²) in [5.74, 6) is -0.860. The van der Waals surface area contributed by atoms with Gasteiger partial charge in [0, 0.05) is 23.4 Å². The van der Waals surface area contributed by atoms with Crippen LogP contribution in [0.5, 0.6) is 0 Å². The molecule has 2 aromatic rings. The minimum atomic E-state index is -0.392. The molecule has 0 atom stereocenters. The zero-order valence-corrected chi connectivity index (χ0v) is 17.4. The van der Waals surface area contributed by atoms with Crippen molar-refractivity contribution >= 4 is 29.2 Å². The number of anilines is 2. The van der Waals surface area contributed by atoms with E-state index >= 15 is 0 Å². The second kappa shape index (κ2) is 9.87. The van der Waals surface area contributed by atoms with Crippen LogP contribution in [0.25, 0.3) is 0 Å². The Bertz CT molecular complexity index is 850. The number of hydrogen-bond acceptors (Lipinski definition) is 4. The van der Waals surface area contributed by atoms with Gasteiger partial charge < -0.3 is 15.4 Å². The number of amides is 2. The lowest BCUT2D eigenvalue weighted by atomic mass is 9.87. The molecule has 2 N–H and O–H groups in total. The maximum atomic E-state index is 12.4. The predicted molar refractivity (Wildman–Crippen MR) is 114 cm³/mol. The normalized spacial score (nSPS) is 10.9. The highest BCUT2D eigenvalue weighted by Gasteiger charge is 2.14. The molecule has 0 aliphatic carbocycles. The van der Waals surface area contributed by atoms with Crippen molar-refractivity contribution < 1.29 is 19.1 Å². The Kier molecular flexibility index (Phi) is 7.53. The Labute approximate surface area is 171 Å². The van der Waals surface area contributed by atoms with Gasteiger partial charge in [-0.15, -0.1) is 0 Å². The Balaban J connectivity index is 1.89. The van der Waals surface area contributed by atoms with Crippen LogP contribution in [-0.2, 0) is 19.7 Å². The summed E-state index contributed by atoms with van der Waals surface area (Å²) in [6.07, 6.45) is 0.101. The lowest BCUT2D eigenvalue weighted by molar-refractivity contribution is -0.144. The van der Waals surface area contributed by atoms with Crippen LogP contribution >= 0.6 is 0 Å². The summed E-state index contributed by atoms with van der Waals surface area (Å²) in [5.41, 5.74) is 2.99. The zero-order chi connectivity index (χ0) is 21.4. The summed E-state index contributed by atoms with van der Waals surface area (Å²) in [7, 11) is 0. The van der Waals surface area contributed by atoms with Gasteiger partial charge in [0.2, 0.25) is 5.91 Å². The zero-order valence-electron chi connectivity index (χ0n) is 17.4. The quantitative estimate of drug-likeness (QED) is 0.674. The van der Waals surface area contributed by atoms with E-state index in [1.54, 1.807) is 31.2 Å². The first-order valence-corrected chi connectivity index (χ1v) is 9.66. The number of rotatable bonds is 7. The summed E-state index contributed by atoms with van der Waals surface area (Å²) >= 11 is 0. The van der Waals surface area contributed by atoms with Crippen LogP contribution in [0.4, 0.5) is 11.4 Å². The number of hydrogen-bond donors (Lipinski definition) is 2. The fourth-order valence-electron chi connectivity index (χ4n) is 2.63. The van der Waals surface area contributed by atoms with Crippen LogP contribution in [-0.4, -0.2) is 24.4 Å². The van der Waals surface area contributed by atoms with Crippen molar-refractivity contribution in [3.63, 3.8) is 0 Å². The van der Waals surface area contributed by atoms with Crippen molar-refractivity contribution in [1.29, 1.82) is 0 Å². The van der Waals surface area contributed by atoms with Gasteiger partial charge in [0.05, 0.1) is 13.0 Å². The highest BCUT2D eigenvalue weighted by atomic mass is 16.5. The van der Waals surface area contributed by atoms with E-state index in [2.05, 4.69) is 31.4 Å². The molecule has 0 fully saturated rings. The molecule has 0 heterocycles. The summed E-state index contributed by atoms with van der Waals surface area (Å²) in [6.45, 7) is 8.39. The molecule has 0 aliphatic rings. The lowest BCUT2D eigenvalue weighted by Gasteiger charge is -2.19. The van der Waals surface area contributed by atoms with Gasteiger partial charge >= 0.3 is 5.97 Å². The number of carbonyl (C=O) groups is 3. The second-order valence-corrected chi connectivity index (χ2v) is 7.71. The molecular weight excluding hydrogens is 368 g/mol. The van der Waals surface area contributed by atoms with E-state index in [4.69, 9.17) is 4.74 Å². The largest absolute Gasteiger partial charge is 0.466 e. The number of esters is 1. The number of nitrogens with one attached hydrogen (secondary N) is 2. The van der Waals surface area contributed by atoms with Crippen LogP contribution in [0, 0.1) is 0 Å². The topological polar surface area (TPSA) is 84.5 Å². The van der Waals surface area contributed by atoms with Crippen molar-refractivity contribution in [2.45, 2.75) is 46.0 Å². The van der Waals surface area contributed by atoms with Gasteiger partial charge in [-0.2, -0.15) is 0 Å². The standard InChI is InChI=1S/C23H28N2O4/c1-5-29-21(27)15-14-20(26)24-18-10-12-19(13-11-18)25-22(28)16-6-8-17(9-7-16)23(2,3)4/h6-13H,5,14-15H2,1-4H3,(H,24,26)(H,25,28). The molecule has 0 aromatic heterocycles. The van der Waals surface area contributed by atoms with E-state index in [9.17, 15) is 14.4 Å². The van der Waals surface area contributed by atoms with Gasteiger partial charge in [0.1, 0.15) is 0 Å². The Morgan fingerprint density at radius 3 is 1.90 bits per heavy atom.